The van der Waals surface area contributed by atoms with Crippen LogP contribution in [0.4, 0.5) is 0 Å². The zero-order chi connectivity index (χ0) is 19.3. The molecule has 0 saturated carbocycles. The van der Waals surface area contributed by atoms with Crippen molar-refractivity contribution in [1.29, 1.82) is 0 Å². The molecule has 3 aromatic rings. The van der Waals surface area contributed by atoms with Crippen LogP contribution in [0.2, 0.25) is 0 Å². The van der Waals surface area contributed by atoms with Crippen LogP contribution in [-0.4, -0.2) is 25.0 Å². The lowest BCUT2D eigenvalue weighted by Crippen LogP contribution is -2.20. The van der Waals surface area contributed by atoms with E-state index in [1.54, 1.807) is 25.1 Å². The topological polar surface area (TPSA) is 50.7 Å². The summed E-state index contributed by atoms with van der Waals surface area (Å²) in [7, 11) is 1.62. The number of fused-ring (bicyclic) bond motifs is 3. The Morgan fingerprint density at radius 2 is 1.71 bits per heavy atom. The third-order valence-corrected chi connectivity index (χ3v) is 5.92. The molecule has 4 rings (SSSR count). The first-order valence-electron chi connectivity index (χ1n) is 9.02. The number of hydrazone groups is 1. The smallest absolute Gasteiger partial charge is 0.250 e. The number of hydrogen-bond acceptors (Lipinski definition) is 4. The average Bonchev–Trinajstić information content (AvgIpc) is 3.06. The predicted molar refractivity (Wildman–Crippen MR) is 115 cm³/mol. The molecule has 5 heteroatoms. The minimum atomic E-state index is -0.119. The van der Waals surface area contributed by atoms with E-state index in [0.29, 0.717) is 5.75 Å². The molecular weight excluding hydrogens is 368 g/mol. The molecule has 0 aliphatic heterocycles. The number of methoxy groups -OCH3 is 1. The molecule has 0 unspecified atom stereocenters. The van der Waals surface area contributed by atoms with Crippen molar-refractivity contribution in [2.45, 2.75) is 5.25 Å². The molecule has 0 heterocycles. The zero-order valence-corrected chi connectivity index (χ0v) is 16.3. The monoisotopic (exact) mass is 388 g/mol. The second-order valence-electron chi connectivity index (χ2n) is 6.44. The van der Waals surface area contributed by atoms with Gasteiger partial charge >= 0.3 is 0 Å². The highest BCUT2D eigenvalue weighted by Gasteiger charge is 2.28. The number of ether oxygens (including phenoxy) is 1. The van der Waals surface area contributed by atoms with Crippen molar-refractivity contribution < 1.29 is 9.53 Å². The summed E-state index contributed by atoms with van der Waals surface area (Å²) in [6.07, 6.45) is 1.62. The van der Waals surface area contributed by atoms with Crippen LogP contribution in [0, 0.1) is 0 Å². The van der Waals surface area contributed by atoms with Crippen LogP contribution in [0.5, 0.6) is 5.75 Å². The van der Waals surface area contributed by atoms with Gasteiger partial charge in [-0.25, -0.2) is 5.43 Å². The van der Waals surface area contributed by atoms with Crippen LogP contribution in [-0.2, 0) is 4.79 Å². The molecule has 140 valence electrons. The lowest BCUT2D eigenvalue weighted by molar-refractivity contribution is -0.118. The summed E-state index contributed by atoms with van der Waals surface area (Å²) in [5.74, 6) is 0.971. The van der Waals surface area contributed by atoms with Gasteiger partial charge in [0.25, 0.3) is 0 Å². The van der Waals surface area contributed by atoms with E-state index < -0.39 is 0 Å². The fourth-order valence-corrected chi connectivity index (χ4v) is 4.53. The number of nitrogens with zero attached hydrogens (tertiary/aromatic N) is 1. The molecule has 0 atom stereocenters. The van der Waals surface area contributed by atoms with Gasteiger partial charge in [-0.1, -0.05) is 60.7 Å². The summed E-state index contributed by atoms with van der Waals surface area (Å²) in [5.41, 5.74) is 8.52. The highest BCUT2D eigenvalue weighted by molar-refractivity contribution is 8.00. The van der Waals surface area contributed by atoms with Crippen LogP contribution in [0.25, 0.3) is 11.1 Å². The molecule has 0 radical (unpaired) electrons. The normalized spacial score (nSPS) is 12.6. The molecule has 0 spiro atoms. The van der Waals surface area contributed by atoms with E-state index in [-0.39, 0.29) is 11.2 Å². The first kappa shape index (κ1) is 18.3. The van der Waals surface area contributed by atoms with Crippen molar-refractivity contribution in [3.05, 3.63) is 89.5 Å². The summed E-state index contributed by atoms with van der Waals surface area (Å²) < 4.78 is 5.18. The van der Waals surface area contributed by atoms with E-state index >= 15 is 0 Å². The van der Waals surface area contributed by atoms with E-state index in [4.69, 9.17) is 4.74 Å². The Bertz CT molecular complexity index is 987. The molecule has 0 aromatic heterocycles. The standard InChI is InChI=1S/C23H20N2O2S/c1-27-17-8-6-7-16(13-17)14-24-25-22(26)15-28-23-20-11-4-2-9-18(20)19-10-3-5-12-21(19)23/h2-14,23H,15H2,1H3,(H,25,26)/b24-14+. The van der Waals surface area contributed by atoms with Crippen molar-refractivity contribution in [2.24, 2.45) is 5.10 Å². The lowest BCUT2D eigenvalue weighted by atomic mass is 10.1. The van der Waals surface area contributed by atoms with Crippen molar-refractivity contribution in [3.63, 3.8) is 0 Å². The molecule has 0 saturated heterocycles. The lowest BCUT2D eigenvalue weighted by Gasteiger charge is -2.12. The maximum absolute atomic E-state index is 12.3. The Morgan fingerprint density at radius 1 is 1.04 bits per heavy atom. The summed E-state index contributed by atoms with van der Waals surface area (Å²) in [4.78, 5) is 12.3. The van der Waals surface area contributed by atoms with Gasteiger partial charge in [-0.15, -0.1) is 11.8 Å². The van der Waals surface area contributed by atoms with Gasteiger partial charge in [0.1, 0.15) is 5.75 Å². The minimum absolute atomic E-state index is 0.119. The largest absolute Gasteiger partial charge is 0.497 e. The molecule has 0 fully saturated rings. The summed E-state index contributed by atoms with van der Waals surface area (Å²) in [6.45, 7) is 0. The van der Waals surface area contributed by atoms with Gasteiger partial charge in [-0.05, 0) is 39.9 Å². The summed E-state index contributed by atoms with van der Waals surface area (Å²) in [6, 6.07) is 24.3. The Morgan fingerprint density at radius 3 is 2.39 bits per heavy atom. The van der Waals surface area contributed by atoms with Gasteiger partial charge in [0.05, 0.1) is 24.3 Å². The first-order chi connectivity index (χ1) is 13.8. The molecule has 1 N–H and O–H groups in total. The van der Waals surface area contributed by atoms with Gasteiger partial charge in [-0.2, -0.15) is 5.10 Å². The van der Waals surface area contributed by atoms with Gasteiger partial charge < -0.3 is 4.74 Å². The Hall–Kier alpha value is -3.05. The number of carbonyl (C=O) groups is 1. The number of hydrogen-bond donors (Lipinski definition) is 1. The van der Waals surface area contributed by atoms with E-state index in [1.165, 1.54) is 22.3 Å². The van der Waals surface area contributed by atoms with Gasteiger partial charge in [0.2, 0.25) is 5.91 Å². The van der Waals surface area contributed by atoms with Crippen LogP contribution in [0.15, 0.2) is 77.9 Å². The molecule has 28 heavy (non-hydrogen) atoms. The zero-order valence-electron chi connectivity index (χ0n) is 15.5. The molecular formula is C23H20N2O2S. The second-order valence-corrected chi connectivity index (χ2v) is 7.53. The van der Waals surface area contributed by atoms with Crippen LogP contribution in [0.3, 0.4) is 0 Å². The van der Waals surface area contributed by atoms with E-state index in [1.807, 2.05) is 24.3 Å². The Balaban J connectivity index is 1.39. The maximum atomic E-state index is 12.3. The predicted octanol–water partition coefficient (Wildman–Crippen LogP) is 4.65. The van der Waals surface area contributed by atoms with Crippen molar-refractivity contribution in [1.82, 2.24) is 5.43 Å². The molecule has 3 aromatic carbocycles. The average molecular weight is 388 g/mol. The second kappa shape index (κ2) is 8.31. The van der Waals surface area contributed by atoms with Gasteiger partial charge in [0, 0.05) is 0 Å². The SMILES string of the molecule is COc1cccc(/C=N/NC(=O)CSC2c3ccccc3-c3ccccc32)c1. The highest BCUT2D eigenvalue weighted by atomic mass is 32.2. The third-order valence-electron chi connectivity index (χ3n) is 4.65. The molecule has 1 aliphatic carbocycles. The van der Waals surface area contributed by atoms with E-state index in [9.17, 15) is 4.79 Å². The Kier molecular flexibility index (Phi) is 5.44. The number of rotatable bonds is 6. The summed E-state index contributed by atoms with van der Waals surface area (Å²) >= 11 is 1.62. The van der Waals surface area contributed by atoms with E-state index in [0.717, 1.165) is 11.3 Å². The third kappa shape index (κ3) is 3.80. The number of thioether (sulfide) groups is 1. The molecule has 1 amide bonds. The Labute approximate surface area is 168 Å². The van der Waals surface area contributed by atoms with Gasteiger partial charge in [0.15, 0.2) is 0 Å². The highest BCUT2D eigenvalue weighted by Crippen LogP contribution is 2.49. The van der Waals surface area contributed by atoms with Crippen LogP contribution >= 0.6 is 11.8 Å². The van der Waals surface area contributed by atoms with Gasteiger partial charge in [-0.3, -0.25) is 4.79 Å². The number of benzene rings is 3. The number of amides is 1. The van der Waals surface area contributed by atoms with Crippen LogP contribution < -0.4 is 10.2 Å². The minimum Gasteiger partial charge on any atom is -0.497 e. The maximum Gasteiger partial charge on any atom is 0.250 e. The van der Waals surface area contributed by atoms with Crippen molar-refractivity contribution >= 4 is 23.9 Å². The molecule has 4 nitrogen and oxygen atoms in total. The van der Waals surface area contributed by atoms with Crippen molar-refractivity contribution in [2.75, 3.05) is 12.9 Å². The fraction of sp³-hybridized carbons (Fsp3) is 0.130. The fourth-order valence-electron chi connectivity index (χ4n) is 3.38. The quantitative estimate of drug-likeness (QED) is 0.494. The first-order valence-corrected chi connectivity index (χ1v) is 10.1. The number of carbonyl (C=O) groups excluding carboxylic acids is 1. The van der Waals surface area contributed by atoms with Crippen LogP contribution in [0.1, 0.15) is 21.9 Å². The number of nitrogens with one attached hydrogen (secondary N) is 1. The molecule has 0 bridgehead atoms. The van der Waals surface area contributed by atoms with Crippen molar-refractivity contribution in [3.8, 4) is 16.9 Å². The summed E-state index contributed by atoms with van der Waals surface area (Å²) in [5, 5.41) is 4.22. The molecule has 1 aliphatic rings. The van der Waals surface area contributed by atoms with E-state index in [2.05, 4.69) is 59.1 Å².